The van der Waals surface area contributed by atoms with E-state index in [2.05, 4.69) is 81.8 Å². The molecule has 0 unspecified atom stereocenters. The number of benzene rings is 1. The molecule has 200 valence electrons. The highest BCUT2D eigenvalue weighted by Gasteiger charge is 2.14. The van der Waals surface area contributed by atoms with E-state index in [0.29, 0.717) is 23.1 Å². The molecule has 0 bridgehead atoms. The van der Waals surface area contributed by atoms with E-state index in [-0.39, 0.29) is 0 Å². The minimum absolute atomic E-state index is 0.638. The van der Waals surface area contributed by atoms with Crippen LogP contribution in [-0.4, -0.2) is 55.2 Å². The third kappa shape index (κ3) is 7.88. The zero-order valence-corrected chi connectivity index (χ0v) is 22.8. The minimum atomic E-state index is 0.638. The van der Waals surface area contributed by atoms with Gasteiger partial charge in [0.15, 0.2) is 0 Å². The number of nitrogens with two attached hydrogens (primary N) is 1. The number of likely N-dealkylation sites (N-methyl/N-ethyl adjacent to an activating group) is 2. The summed E-state index contributed by atoms with van der Waals surface area (Å²) in [6.45, 7) is 10.4. The quantitative estimate of drug-likeness (QED) is 0.261. The molecule has 2 aromatic rings. The van der Waals surface area contributed by atoms with Crippen molar-refractivity contribution in [3.05, 3.63) is 60.3 Å². The third-order valence-electron chi connectivity index (χ3n) is 6.38. The Kier molecular flexibility index (Phi) is 10.6. The molecule has 0 saturated heterocycles. The summed E-state index contributed by atoms with van der Waals surface area (Å²) in [4.78, 5) is 13.4. The second-order valence-corrected chi connectivity index (χ2v) is 8.89. The van der Waals surface area contributed by atoms with Crippen LogP contribution in [0.1, 0.15) is 40.0 Å². The van der Waals surface area contributed by atoms with Crippen LogP contribution in [0.2, 0.25) is 0 Å². The molecule has 1 heterocycles. The first-order chi connectivity index (χ1) is 18.0. The van der Waals surface area contributed by atoms with Crippen LogP contribution in [0.4, 0.5) is 28.7 Å². The van der Waals surface area contributed by atoms with Crippen LogP contribution in [0.5, 0.6) is 5.75 Å². The number of methoxy groups -OCH3 is 1. The molecule has 0 radical (unpaired) electrons. The monoisotopic (exact) mass is 506 g/mol. The highest BCUT2D eigenvalue weighted by molar-refractivity contribution is 5.79. The Morgan fingerprint density at radius 2 is 1.81 bits per heavy atom. The maximum Gasteiger partial charge on any atom is 0.144 e. The Morgan fingerprint density at radius 1 is 1.05 bits per heavy atom. The van der Waals surface area contributed by atoms with Gasteiger partial charge in [0.25, 0.3) is 0 Å². The molecule has 3 rings (SSSR count). The van der Waals surface area contributed by atoms with Crippen LogP contribution >= 0.6 is 0 Å². The van der Waals surface area contributed by atoms with E-state index in [1.54, 1.807) is 7.11 Å². The number of aromatic nitrogens is 2. The smallest absolute Gasteiger partial charge is 0.144 e. The van der Waals surface area contributed by atoms with Crippen molar-refractivity contribution in [2.45, 2.75) is 40.0 Å². The molecule has 1 aliphatic carbocycles. The highest BCUT2D eigenvalue weighted by Crippen LogP contribution is 2.36. The topological polar surface area (TPSA) is 104 Å². The zero-order chi connectivity index (χ0) is 26.6. The van der Waals surface area contributed by atoms with E-state index in [1.807, 2.05) is 24.4 Å². The van der Waals surface area contributed by atoms with Gasteiger partial charge >= 0.3 is 0 Å². The molecule has 0 atom stereocenters. The fourth-order valence-corrected chi connectivity index (χ4v) is 4.11. The van der Waals surface area contributed by atoms with Gasteiger partial charge in [0.05, 0.1) is 29.9 Å². The first-order valence-corrected chi connectivity index (χ1v) is 13.1. The Morgan fingerprint density at radius 3 is 2.51 bits per heavy atom. The van der Waals surface area contributed by atoms with Crippen molar-refractivity contribution in [2.75, 3.05) is 61.6 Å². The number of allylic oxidation sites excluding steroid dienone is 4. The van der Waals surface area contributed by atoms with Gasteiger partial charge in [-0.25, -0.2) is 9.97 Å². The van der Waals surface area contributed by atoms with Crippen LogP contribution in [0.15, 0.2) is 60.3 Å². The average molecular weight is 507 g/mol. The number of rotatable bonds is 14. The Hall–Kier alpha value is -3.72. The number of hydrogen-bond donors (Lipinski definition) is 4. The number of anilines is 5. The first-order valence-electron chi connectivity index (χ1n) is 13.1. The zero-order valence-electron chi connectivity index (χ0n) is 22.8. The SMILES string of the molecule is CC/C=C\NC1=C(Nc2cc(Nc3cc(N)c(N(C)CCN(CC)CC)cc3OC)ncn2)C=CCC1. The number of ether oxygens (including phenoxy) is 1. The fraction of sp³-hybridized carbons (Fsp3) is 0.429. The molecule has 1 aliphatic rings. The van der Waals surface area contributed by atoms with Crippen molar-refractivity contribution in [3.63, 3.8) is 0 Å². The Balaban J connectivity index is 1.76. The van der Waals surface area contributed by atoms with E-state index < -0.39 is 0 Å². The normalized spacial score (nSPS) is 13.4. The van der Waals surface area contributed by atoms with Gasteiger partial charge in [-0.2, -0.15) is 0 Å². The molecule has 9 nitrogen and oxygen atoms in total. The minimum Gasteiger partial charge on any atom is -0.494 e. The van der Waals surface area contributed by atoms with Crippen molar-refractivity contribution in [3.8, 4) is 5.75 Å². The second-order valence-electron chi connectivity index (χ2n) is 8.89. The molecule has 9 heteroatoms. The number of nitrogen functional groups attached to an aromatic ring is 1. The molecule has 0 aliphatic heterocycles. The van der Waals surface area contributed by atoms with E-state index in [1.165, 1.54) is 6.33 Å². The van der Waals surface area contributed by atoms with Gasteiger partial charge in [-0.05, 0) is 50.7 Å². The van der Waals surface area contributed by atoms with Crippen LogP contribution in [0.25, 0.3) is 0 Å². The lowest BCUT2D eigenvalue weighted by Crippen LogP contribution is -2.33. The van der Waals surface area contributed by atoms with Crippen LogP contribution in [-0.2, 0) is 0 Å². The summed E-state index contributed by atoms with van der Waals surface area (Å²) in [5.41, 5.74) is 11.0. The van der Waals surface area contributed by atoms with Crippen molar-refractivity contribution in [1.82, 2.24) is 20.2 Å². The van der Waals surface area contributed by atoms with Gasteiger partial charge in [-0.15, -0.1) is 0 Å². The molecule has 1 aromatic carbocycles. The predicted molar refractivity (Wildman–Crippen MR) is 155 cm³/mol. The van der Waals surface area contributed by atoms with Gasteiger partial charge in [-0.1, -0.05) is 32.9 Å². The van der Waals surface area contributed by atoms with Gasteiger partial charge in [0, 0.05) is 38.0 Å². The number of nitrogens with zero attached hydrogens (tertiary/aromatic N) is 4. The van der Waals surface area contributed by atoms with Crippen LogP contribution < -0.4 is 31.3 Å². The lowest BCUT2D eigenvalue weighted by atomic mass is 10.1. The standard InChI is InChI=1S/C28H42N8O/c1-6-9-14-30-22-12-10-11-13-23(22)33-27-19-28(32-20-31-27)34-24-17-21(29)25(18-26(24)37-5)35(4)15-16-36(7-2)8-3/h9,11,13-14,17-20,30H,6-8,10,12,15-16,29H2,1-5H3,(H2,31,32,33,34)/b14-9-. The summed E-state index contributed by atoms with van der Waals surface area (Å²) in [5, 5.41) is 10.2. The van der Waals surface area contributed by atoms with Crippen molar-refractivity contribution in [1.29, 1.82) is 0 Å². The van der Waals surface area contributed by atoms with Gasteiger partial charge in [-0.3, -0.25) is 0 Å². The fourth-order valence-electron chi connectivity index (χ4n) is 4.11. The summed E-state index contributed by atoms with van der Waals surface area (Å²) in [6.07, 6.45) is 12.8. The van der Waals surface area contributed by atoms with Crippen LogP contribution in [0.3, 0.4) is 0 Å². The van der Waals surface area contributed by atoms with E-state index in [9.17, 15) is 0 Å². The maximum atomic E-state index is 6.47. The van der Waals surface area contributed by atoms with E-state index >= 15 is 0 Å². The molecule has 0 fully saturated rings. The largest absolute Gasteiger partial charge is 0.494 e. The Labute approximate surface area is 221 Å². The van der Waals surface area contributed by atoms with Crippen molar-refractivity contribution >= 4 is 28.7 Å². The molecule has 37 heavy (non-hydrogen) atoms. The number of nitrogens with one attached hydrogen (secondary N) is 3. The highest BCUT2D eigenvalue weighted by atomic mass is 16.5. The first kappa shape index (κ1) is 27.9. The summed E-state index contributed by atoms with van der Waals surface area (Å²) < 4.78 is 5.70. The van der Waals surface area contributed by atoms with Crippen LogP contribution in [0, 0.1) is 0 Å². The Bertz CT molecular complexity index is 1110. The van der Waals surface area contributed by atoms with Gasteiger partial charge in [0.1, 0.15) is 23.7 Å². The summed E-state index contributed by atoms with van der Waals surface area (Å²) >= 11 is 0. The maximum absolute atomic E-state index is 6.47. The molecular formula is C28H42N8O. The predicted octanol–water partition coefficient (Wildman–Crippen LogP) is 5.08. The molecule has 1 aromatic heterocycles. The molecular weight excluding hydrogens is 464 g/mol. The molecule has 5 N–H and O–H groups in total. The summed E-state index contributed by atoms with van der Waals surface area (Å²) in [6, 6.07) is 5.74. The molecule has 0 amide bonds. The van der Waals surface area contributed by atoms with Crippen molar-refractivity contribution < 1.29 is 4.74 Å². The summed E-state index contributed by atoms with van der Waals surface area (Å²) in [7, 11) is 3.71. The lowest BCUT2D eigenvalue weighted by Gasteiger charge is -2.26. The second kappa shape index (κ2) is 14.1. The lowest BCUT2D eigenvalue weighted by molar-refractivity contribution is 0.311. The third-order valence-corrected chi connectivity index (χ3v) is 6.38. The summed E-state index contributed by atoms with van der Waals surface area (Å²) in [5.74, 6) is 2.02. The van der Waals surface area contributed by atoms with E-state index in [4.69, 9.17) is 10.5 Å². The molecule has 0 saturated carbocycles. The van der Waals surface area contributed by atoms with Gasteiger partial charge in [0.2, 0.25) is 0 Å². The number of hydrogen-bond acceptors (Lipinski definition) is 9. The molecule has 0 spiro atoms. The average Bonchev–Trinajstić information content (AvgIpc) is 2.90. The van der Waals surface area contributed by atoms with Crippen molar-refractivity contribution in [2.24, 2.45) is 0 Å². The van der Waals surface area contributed by atoms with Gasteiger partial charge < -0.3 is 36.2 Å². The van der Waals surface area contributed by atoms with E-state index in [0.717, 1.165) is 68.2 Å².